The predicted octanol–water partition coefficient (Wildman–Crippen LogP) is 5.14. The number of nitrogens with zero attached hydrogens (tertiary/aromatic N) is 1. The van der Waals surface area contributed by atoms with Crippen molar-refractivity contribution in [3.8, 4) is 6.07 Å². The quantitative estimate of drug-likeness (QED) is 0.662. The molecule has 0 aliphatic heterocycles. The van der Waals surface area contributed by atoms with Gasteiger partial charge < -0.3 is 4.98 Å². The summed E-state index contributed by atoms with van der Waals surface area (Å²) in [5, 5.41) is 10.2. The molecule has 0 amide bonds. The van der Waals surface area contributed by atoms with E-state index in [9.17, 15) is 0 Å². The summed E-state index contributed by atoms with van der Waals surface area (Å²) in [6.45, 7) is 2.25. The van der Waals surface area contributed by atoms with E-state index < -0.39 is 0 Å². The number of unbranched alkanes of at least 4 members (excludes halogenated alkanes) is 5. The summed E-state index contributed by atoms with van der Waals surface area (Å²) < 4.78 is 0. The molecule has 0 aliphatic carbocycles. The Morgan fingerprint density at radius 3 is 2.60 bits per heavy atom. The number of hydrogen-bond donors (Lipinski definition) is 1. The summed E-state index contributed by atoms with van der Waals surface area (Å²) in [7, 11) is 0. The van der Waals surface area contributed by atoms with E-state index >= 15 is 0 Å². The molecule has 0 fully saturated rings. The maximum Gasteiger partial charge on any atom is 0.0670 e. The number of aromatic amines is 1. The SMILES string of the molecule is CCCCCCCCc1[nH]c2ccccc2c1CC#N. The molecule has 2 aromatic rings. The van der Waals surface area contributed by atoms with Crippen LogP contribution in [0.15, 0.2) is 24.3 Å². The third kappa shape index (κ3) is 3.63. The Morgan fingerprint density at radius 1 is 1.05 bits per heavy atom. The first-order valence-corrected chi connectivity index (χ1v) is 7.82. The van der Waals surface area contributed by atoms with Crippen LogP contribution in [0.3, 0.4) is 0 Å². The lowest BCUT2D eigenvalue weighted by Gasteiger charge is -2.02. The van der Waals surface area contributed by atoms with Crippen molar-refractivity contribution in [2.45, 2.75) is 58.3 Å². The molecular formula is C18H24N2. The van der Waals surface area contributed by atoms with E-state index in [1.165, 1.54) is 60.7 Å². The number of para-hydroxylation sites is 1. The van der Waals surface area contributed by atoms with E-state index in [4.69, 9.17) is 5.26 Å². The van der Waals surface area contributed by atoms with Crippen LogP contribution < -0.4 is 0 Å². The van der Waals surface area contributed by atoms with Gasteiger partial charge in [-0.2, -0.15) is 5.26 Å². The van der Waals surface area contributed by atoms with Gasteiger partial charge in [-0.05, 0) is 24.5 Å². The molecule has 0 bridgehead atoms. The normalized spacial score (nSPS) is 10.8. The first-order chi connectivity index (χ1) is 9.86. The number of H-pyrrole nitrogens is 1. The molecule has 1 aromatic carbocycles. The molecule has 0 radical (unpaired) electrons. The van der Waals surface area contributed by atoms with E-state index in [1.54, 1.807) is 0 Å². The van der Waals surface area contributed by atoms with Crippen LogP contribution in [0, 0.1) is 11.3 Å². The van der Waals surface area contributed by atoms with E-state index in [-0.39, 0.29) is 0 Å². The molecule has 0 spiro atoms. The van der Waals surface area contributed by atoms with Crippen LogP contribution in [0.1, 0.15) is 56.7 Å². The molecule has 0 saturated carbocycles. The number of aryl methyl sites for hydroxylation is 1. The molecule has 1 heterocycles. The van der Waals surface area contributed by atoms with Gasteiger partial charge in [0.05, 0.1) is 12.5 Å². The Labute approximate surface area is 121 Å². The molecule has 2 nitrogen and oxygen atoms in total. The van der Waals surface area contributed by atoms with Gasteiger partial charge in [0.25, 0.3) is 0 Å². The second-order valence-corrected chi connectivity index (χ2v) is 5.48. The van der Waals surface area contributed by atoms with Crippen molar-refractivity contribution < 1.29 is 0 Å². The number of rotatable bonds is 8. The number of fused-ring (bicyclic) bond motifs is 1. The van der Waals surface area contributed by atoms with Gasteiger partial charge >= 0.3 is 0 Å². The molecule has 0 saturated heterocycles. The Kier molecular flexibility index (Phi) is 5.68. The number of aromatic nitrogens is 1. The van der Waals surface area contributed by atoms with Crippen LogP contribution in [-0.2, 0) is 12.8 Å². The standard InChI is InChI=1S/C18H24N2/c1-2-3-4-5-6-7-11-18-16(13-14-19)15-10-8-9-12-17(15)20-18/h8-10,12,20H,2-7,11,13H2,1H3. The maximum atomic E-state index is 9.03. The monoisotopic (exact) mass is 268 g/mol. The Hall–Kier alpha value is -1.75. The lowest BCUT2D eigenvalue weighted by Crippen LogP contribution is -1.92. The summed E-state index contributed by atoms with van der Waals surface area (Å²) in [4.78, 5) is 3.50. The predicted molar refractivity (Wildman–Crippen MR) is 84.7 cm³/mol. The van der Waals surface area contributed by atoms with Crippen LogP contribution in [0.5, 0.6) is 0 Å². The topological polar surface area (TPSA) is 39.6 Å². The largest absolute Gasteiger partial charge is 0.358 e. The maximum absolute atomic E-state index is 9.03. The van der Waals surface area contributed by atoms with Crippen molar-refractivity contribution in [3.05, 3.63) is 35.5 Å². The second-order valence-electron chi connectivity index (χ2n) is 5.48. The second kappa shape index (κ2) is 7.75. The van der Waals surface area contributed by atoms with Crippen molar-refractivity contribution in [2.24, 2.45) is 0 Å². The van der Waals surface area contributed by atoms with E-state index in [0.717, 1.165) is 6.42 Å². The first kappa shape index (κ1) is 14.7. The molecule has 1 aromatic heterocycles. The Balaban J connectivity index is 1.98. The van der Waals surface area contributed by atoms with Crippen molar-refractivity contribution in [1.82, 2.24) is 4.98 Å². The highest BCUT2D eigenvalue weighted by molar-refractivity contribution is 5.84. The van der Waals surface area contributed by atoms with Crippen LogP contribution >= 0.6 is 0 Å². The number of hydrogen-bond acceptors (Lipinski definition) is 1. The Morgan fingerprint density at radius 2 is 1.80 bits per heavy atom. The minimum atomic E-state index is 0.509. The zero-order valence-electron chi connectivity index (χ0n) is 12.4. The first-order valence-electron chi connectivity index (χ1n) is 7.82. The molecule has 0 aliphatic rings. The molecule has 20 heavy (non-hydrogen) atoms. The van der Waals surface area contributed by atoms with Crippen LogP contribution in [-0.4, -0.2) is 4.98 Å². The van der Waals surface area contributed by atoms with Crippen molar-refractivity contribution in [3.63, 3.8) is 0 Å². The zero-order chi connectivity index (χ0) is 14.2. The summed E-state index contributed by atoms with van der Waals surface area (Å²) in [6, 6.07) is 10.6. The Bertz CT molecular complexity index is 575. The van der Waals surface area contributed by atoms with E-state index in [2.05, 4.69) is 30.1 Å². The number of nitrogens with one attached hydrogen (secondary N) is 1. The van der Waals surface area contributed by atoms with Crippen molar-refractivity contribution in [1.29, 1.82) is 5.26 Å². The van der Waals surface area contributed by atoms with Gasteiger partial charge in [-0.1, -0.05) is 57.2 Å². The highest BCUT2D eigenvalue weighted by Crippen LogP contribution is 2.24. The minimum absolute atomic E-state index is 0.509. The zero-order valence-corrected chi connectivity index (χ0v) is 12.4. The average molecular weight is 268 g/mol. The fraction of sp³-hybridized carbons (Fsp3) is 0.500. The van der Waals surface area contributed by atoms with Crippen LogP contribution in [0.2, 0.25) is 0 Å². The molecule has 0 unspecified atom stereocenters. The van der Waals surface area contributed by atoms with Crippen LogP contribution in [0.25, 0.3) is 10.9 Å². The summed E-state index contributed by atoms with van der Waals surface area (Å²) in [5.74, 6) is 0. The average Bonchev–Trinajstić information content (AvgIpc) is 2.81. The number of benzene rings is 1. The summed E-state index contributed by atoms with van der Waals surface area (Å²) >= 11 is 0. The smallest absolute Gasteiger partial charge is 0.0670 e. The fourth-order valence-corrected chi connectivity index (χ4v) is 2.83. The van der Waals surface area contributed by atoms with Gasteiger partial charge in [0, 0.05) is 16.6 Å². The molecule has 1 N–H and O–H groups in total. The van der Waals surface area contributed by atoms with Gasteiger partial charge in [-0.25, -0.2) is 0 Å². The van der Waals surface area contributed by atoms with Crippen molar-refractivity contribution >= 4 is 10.9 Å². The van der Waals surface area contributed by atoms with Gasteiger partial charge in [0.15, 0.2) is 0 Å². The minimum Gasteiger partial charge on any atom is -0.358 e. The van der Waals surface area contributed by atoms with Gasteiger partial charge in [0.2, 0.25) is 0 Å². The van der Waals surface area contributed by atoms with Gasteiger partial charge in [-0.3, -0.25) is 0 Å². The number of nitriles is 1. The lowest BCUT2D eigenvalue weighted by atomic mass is 10.0. The van der Waals surface area contributed by atoms with Crippen molar-refractivity contribution in [2.75, 3.05) is 0 Å². The van der Waals surface area contributed by atoms with Gasteiger partial charge in [0.1, 0.15) is 0 Å². The van der Waals surface area contributed by atoms with E-state index in [1.807, 2.05) is 12.1 Å². The third-order valence-corrected chi connectivity index (χ3v) is 3.94. The molecule has 0 atom stereocenters. The molecule has 2 heteroatoms. The molecule has 2 rings (SSSR count). The summed E-state index contributed by atoms with van der Waals surface area (Å²) in [6.07, 6.45) is 9.43. The highest BCUT2D eigenvalue weighted by atomic mass is 14.7. The third-order valence-electron chi connectivity index (χ3n) is 3.94. The summed E-state index contributed by atoms with van der Waals surface area (Å²) in [5.41, 5.74) is 3.64. The lowest BCUT2D eigenvalue weighted by molar-refractivity contribution is 0.605. The van der Waals surface area contributed by atoms with E-state index in [0.29, 0.717) is 6.42 Å². The molecular weight excluding hydrogens is 244 g/mol. The van der Waals surface area contributed by atoms with Crippen LogP contribution in [0.4, 0.5) is 0 Å². The highest BCUT2D eigenvalue weighted by Gasteiger charge is 2.10. The molecule has 106 valence electrons. The van der Waals surface area contributed by atoms with Gasteiger partial charge in [-0.15, -0.1) is 0 Å². The fourth-order valence-electron chi connectivity index (χ4n) is 2.83.